The van der Waals surface area contributed by atoms with E-state index in [9.17, 15) is 9.90 Å². The Labute approximate surface area is 143 Å². The average molecular weight is 330 g/mol. The number of rotatable bonds is 3. The molecular weight excluding hydrogens is 304 g/mol. The fourth-order valence-electron chi connectivity index (χ4n) is 4.43. The maximum absolute atomic E-state index is 12.9. The first kappa shape index (κ1) is 16.6. The van der Waals surface area contributed by atoms with Crippen molar-refractivity contribution in [3.63, 3.8) is 0 Å². The SMILES string of the molecule is CSC1(C2CC(=O)C(c3c(C)cc(C)cc3C)=C(O)C2)CCC1. The normalized spacial score (nSPS) is 23.8. The standard InChI is InChI=1S/C20H26O2S/c1-12-8-13(2)18(14(3)9-12)19-16(21)10-15(11-17(19)22)20(23-4)6-5-7-20/h8-9,15,21H,5-7,10-11H2,1-4H3. The lowest BCUT2D eigenvalue weighted by molar-refractivity contribution is -0.115. The third-order valence-corrected chi connectivity index (χ3v) is 7.27. The van der Waals surface area contributed by atoms with Gasteiger partial charge in [-0.15, -0.1) is 0 Å². The van der Waals surface area contributed by atoms with Gasteiger partial charge in [-0.2, -0.15) is 11.8 Å². The summed E-state index contributed by atoms with van der Waals surface area (Å²) in [5.74, 6) is 0.712. The molecule has 0 aromatic heterocycles. The Balaban J connectivity index is 2.00. The highest BCUT2D eigenvalue weighted by molar-refractivity contribution is 8.00. The van der Waals surface area contributed by atoms with Gasteiger partial charge in [-0.25, -0.2) is 0 Å². The third-order valence-electron chi connectivity index (χ3n) is 5.72. The summed E-state index contributed by atoms with van der Waals surface area (Å²) in [5.41, 5.74) is 4.88. The Kier molecular flexibility index (Phi) is 4.35. The molecule has 23 heavy (non-hydrogen) atoms. The Hall–Kier alpha value is -1.22. The molecule has 3 rings (SSSR count). The van der Waals surface area contributed by atoms with Crippen LogP contribution in [0.25, 0.3) is 5.57 Å². The number of benzene rings is 1. The van der Waals surface area contributed by atoms with E-state index < -0.39 is 0 Å². The van der Waals surface area contributed by atoms with E-state index >= 15 is 0 Å². The van der Waals surface area contributed by atoms with Crippen LogP contribution in [0.4, 0.5) is 0 Å². The molecule has 1 atom stereocenters. The minimum Gasteiger partial charge on any atom is -0.512 e. The summed E-state index contributed by atoms with van der Waals surface area (Å²) in [6, 6.07) is 4.19. The quantitative estimate of drug-likeness (QED) is 0.833. The van der Waals surface area contributed by atoms with E-state index in [1.54, 1.807) is 0 Å². The van der Waals surface area contributed by atoms with E-state index in [0.29, 0.717) is 24.2 Å². The average Bonchev–Trinajstić information content (AvgIpc) is 2.40. The van der Waals surface area contributed by atoms with E-state index in [-0.39, 0.29) is 16.4 Å². The molecule has 0 spiro atoms. The highest BCUT2D eigenvalue weighted by Gasteiger charge is 2.46. The van der Waals surface area contributed by atoms with Crippen molar-refractivity contribution < 1.29 is 9.90 Å². The molecule has 3 heteroatoms. The first-order chi connectivity index (χ1) is 10.9. The Morgan fingerprint density at radius 3 is 2.17 bits per heavy atom. The van der Waals surface area contributed by atoms with Crippen molar-refractivity contribution in [3.8, 4) is 0 Å². The minimum absolute atomic E-state index is 0.120. The zero-order valence-electron chi connectivity index (χ0n) is 14.5. The van der Waals surface area contributed by atoms with Gasteiger partial charge in [-0.1, -0.05) is 24.1 Å². The van der Waals surface area contributed by atoms with Crippen LogP contribution in [0.2, 0.25) is 0 Å². The van der Waals surface area contributed by atoms with Crippen molar-refractivity contribution in [2.45, 2.75) is 57.6 Å². The predicted octanol–water partition coefficient (Wildman–Crippen LogP) is 5.15. The van der Waals surface area contributed by atoms with Gasteiger partial charge in [0.1, 0.15) is 5.76 Å². The highest BCUT2D eigenvalue weighted by atomic mass is 32.2. The molecule has 124 valence electrons. The molecule has 1 fully saturated rings. The molecule has 0 heterocycles. The first-order valence-corrected chi connectivity index (χ1v) is 9.69. The third kappa shape index (κ3) is 2.73. The van der Waals surface area contributed by atoms with Crippen LogP contribution in [-0.2, 0) is 4.79 Å². The van der Waals surface area contributed by atoms with Gasteiger partial charge in [0.2, 0.25) is 0 Å². The van der Waals surface area contributed by atoms with E-state index in [1.165, 1.54) is 24.8 Å². The number of aliphatic hydroxyl groups is 1. The summed E-state index contributed by atoms with van der Waals surface area (Å²) in [7, 11) is 0. The fourth-order valence-corrected chi connectivity index (χ4v) is 5.63. The van der Waals surface area contributed by atoms with Crippen LogP contribution in [-0.4, -0.2) is 21.9 Å². The molecule has 0 saturated heterocycles. The number of carbonyl (C=O) groups excluding carboxylic acids is 1. The number of Topliss-reactive ketones (excluding diaryl/α,β-unsaturated/α-hetero) is 1. The van der Waals surface area contributed by atoms with Gasteiger partial charge in [0.05, 0.1) is 5.57 Å². The monoisotopic (exact) mass is 330 g/mol. The van der Waals surface area contributed by atoms with Crippen molar-refractivity contribution in [2.24, 2.45) is 5.92 Å². The Morgan fingerprint density at radius 2 is 1.74 bits per heavy atom. The first-order valence-electron chi connectivity index (χ1n) is 8.46. The second kappa shape index (κ2) is 6.01. The van der Waals surface area contributed by atoms with Gasteiger partial charge < -0.3 is 5.11 Å². The number of ketones is 1. The smallest absolute Gasteiger partial charge is 0.167 e. The molecule has 1 aromatic rings. The summed E-state index contributed by atoms with van der Waals surface area (Å²) in [4.78, 5) is 12.9. The van der Waals surface area contributed by atoms with Crippen molar-refractivity contribution in [1.29, 1.82) is 0 Å². The number of hydrogen-bond donors (Lipinski definition) is 1. The van der Waals surface area contributed by atoms with E-state index in [1.807, 2.05) is 25.6 Å². The van der Waals surface area contributed by atoms with Crippen LogP contribution < -0.4 is 0 Å². The second-order valence-electron chi connectivity index (χ2n) is 7.25. The summed E-state index contributed by atoms with van der Waals surface area (Å²) in [6.07, 6.45) is 6.98. The van der Waals surface area contributed by atoms with Crippen molar-refractivity contribution in [3.05, 3.63) is 40.1 Å². The minimum atomic E-state index is 0.120. The lowest BCUT2D eigenvalue weighted by atomic mass is 9.68. The molecular formula is C20H26O2S. The fraction of sp³-hybridized carbons (Fsp3) is 0.550. The van der Waals surface area contributed by atoms with Crippen LogP contribution >= 0.6 is 11.8 Å². The topological polar surface area (TPSA) is 37.3 Å². The number of thioether (sulfide) groups is 1. The zero-order valence-corrected chi connectivity index (χ0v) is 15.3. The number of hydrogen-bond acceptors (Lipinski definition) is 3. The van der Waals surface area contributed by atoms with Crippen molar-refractivity contribution in [2.75, 3.05) is 6.26 Å². The molecule has 1 N–H and O–H groups in total. The number of carbonyl (C=O) groups is 1. The molecule has 1 aromatic carbocycles. The van der Waals surface area contributed by atoms with Gasteiger partial charge in [-0.3, -0.25) is 4.79 Å². The maximum atomic E-state index is 12.9. The summed E-state index contributed by atoms with van der Waals surface area (Å²) >= 11 is 1.89. The van der Waals surface area contributed by atoms with Crippen molar-refractivity contribution in [1.82, 2.24) is 0 Å². The summed E-state index contributed by atoms with van der Waals surface area (Å²) in [6.45, 7) is 6.13. The number of allylic oxidation sites excluding steroid dienone is 2. The lowest BCUT2D eigenvalue weighted by Gasteiger charge is -2.47. The molecule has 1 saturated carbocycles. The molecule has 0 aliphatic heterocycles. The molecule has 2 nitrogen and oxygen atoms in total. The molecule has 0 radical (unpaired) electrons. The number of aliphatic hydroxyl groups excluding tert-OH is 1. The molecule has 2 aliphatic carbocycles. The largest absolute Gasteiger partial charge is 0.512 e. The van der Waals surface area contributed by atoms with Gasteiger partial charge in [0, 0.05) is 17.6 Å². The maximum Gasteiger partial charge on any atom is 0.167 e. The van der Waals surface area contributed by atoms with E-state index in [4.69, 9.17) is 0 Å². The van der Waals surface area contributed by atoms with Crippen molar-refractivity contribution >= 4 is 23.1 Å². The van der Waals surface area contributed by atoms with E-state index in [2.05, 4.69) is 25.3 Å². The van der Waals surface area contributed by atoms with Crippen LogP contribution in [0, 0.1) is 26.7 Å². The van der Waals surface area contributed by atoms with Gasteiger partial charge >= 0.3 is 0 Å². The molecule has 1 unspecified atom stereocenters. The lowest BCUT2D eigenvalue weighted by Crippen LogP contribution is -2.44. The second-order valence-corrected chi connectivity index (χ2v) is 8.47. The van der Waals surface area contributed by atoms with Gasteiger partial charge in [0.25, 0.3) is 0 Å². The molecule has 0 bridgehead atoms. The summed E-state index contributed by atoms with van der Waals surface area (Å²) < 4.78 is 0.215. The van der Waals surface area contributed by atoms with Crippen LogP contribution in [0.1, 0.15) is 54.4 Å². The van der Waals surface area contributed by atoms with Crippen LogP contribution in [0.5, 0.6) is 0 Å². The van der Waals surface area contributed by atoms with Crippen LogP contribution in [0.15, 0.2) is 17.9 Å². The van der Waals surface area contributed by atoms with Gasteiger partial charge in [-0.05, 0) is 62.5 Å². The zero-order chi connectivity index (χ0) is 16.8. The Bertz CT molecular complexity index is 654. The molecule has 0 amide bonds. The Morgan fingerprint density at radius 1 is 1.13 bits per heavy atom. The van der Waals surface area contributed by atoms with Crippen LogP contribution in [0.3, 0.4) is 0 Å². The van der Waals surface area contributed by atoms with E-state index in [0.717, 1.165) is 16.7 Å². The number of aryl methyl sites for hydroxylation is 3. The molecule has 2 aliphatic rings. The summed E-state index contributed by atoms with van der Waals surface area (Å²) in [5, 5.41) is 10.7. The highest BCUT2D eigenvalue weighted by Crippen LogP contribution is 2.53. The van der Waals surface area contributed by atoms with Gasteiger partial charge in [0.15, 0.2) is 5.78 Å². The predicted molar refractivity (Wildman–Crippen MR) is 98.0 cm³/mol.